The van der Waals surface area contributed by atoms with Crippen molar-refractivity contribution in [1.29, 1.82) is 0 Å². The highest BCUT2D eigenvalue weighted by atomic mass is 16.5. The molecule has 0 atom stereocenters. The number of primary amides is 1. The van der Waals surface area contributed by atoms with E-state index in [1.165, 1.54) is 141 Å². The molecule has 1 aliphatic rings. The van der Waals surface area contributed by atoms with Crippen molar-refractivity contribution in [3.63, 3.8) is 0 Å². The van der Waals surface area contributed by atoms with Crippen molar-refractivity contribution in [1.82, 2.24) is 5.32 Å². The van der Waals surface area contributed by atoms with Gasteiger partial charge in [-0.1, -0.05) is 181 Å². The number of aromatic nitrogens is 1. The summed E-state index contributed by atoms with van der Waals surface area (Å²) < 4.78 is 13.4. The molecule has 0 radical (unpaired) electrons. The maximum atomic E-state index is 13.8. The van der Waals surface area contributed by atoms with Gasteiger partial charge in [-0.05, 0) is 32.8 Å². The quantitative estimate of drug-likeness (QED) is 0.0403. The van der Waals surface area contributed by atoms with Crippen LogP contribution in [0.5, 0.6) is 0 Å². The summed E-state index contributed by atoms with van der Waals surface area (Å²) in [6.45, 7) is 8.87. The lowest BCUT2D eigenvalue weighted by Crippen LogP contribution is -2.41. The van der Waals surface area contributed by atoms with E-state index in [0.717, 1.165) is 38.5 Å². The van der Waals surface area contributed by atoms with Crippen LogP contribution in [0.15, 0.2) is 47.1 Å². The van der Waals surface area contributed by atoms with E-state index in [4.69, 9.17) is 15.2 Å². The lowest BCUT2D eigenvalue weighted by molar-refractivity contribution is -0.684. The second kappa shape index (κ2) is 31.9. The van der Waals surface area contributed by atoms with E-state index in [0.29, 0.717) is 41.3 Å². The molecule has 0 saturated carbocycles. The molecule has 0 aliphatic carbocycles. The Labute approximate surface area is 342 Å². The standard InChI is InChI=1S/C48H81N3O5/c1-5-7-9-11-13-15-17-19-21-23-25-27-29-31-36-55-47(53)44-40(3)50-41(4)45(46(44)42-34-33-35-51(38-42)39-43(49)52)48(54)56-37-32-30-28-26-24-22-20-18-16-14-12-10-8-6-2/h33-35,38,46H,5-32,36-37,39H2,1-4H3,(H2-,49,50,52,53,54)/p+1. The summed E-state index contributed by atoms with van der Waals surface area (Å²) in [4.78, 5) is 39.4. The highest BCUT2D eigenvalue weighted by molar-refractivity contribution is 5.99. The zero-order valence-electron chi connectivity index (χ0n) is 36.4. The van der Waals surface area contributed by atoms with Gasteiger partial charge in [-0.3, -0.25) is 4.79 Å². The molecule has 2 heterocycles. The Kier molecular flexibility index (Phi) is 27.9. The topological polar surface area (TPSA) is 112 Å². The van der Waals surface area contributed by atoms with Crippen LogP contribution >= 0.6 is 0 Å². The highest BCUT2D eigenvalue weighted by Gasteiger charge is 2.39. The van der Waals surface area contributed by atoms with Crippen molar-refractivity contribution in [3.05, 3.63) is 52.6 Å². The van der Waals surface area contributed by atoms with Crippen LogP contribution < -0.4 is 15.6 Å². The Balaban J connectivity index is 1.85. The maximum Gasteiger partial charge on any atom is 0.336 e. The van der Waals surface area contributed by atoms with Gasteiger partial charge in [-0.25, -0.2) is 9.59 Å². The molecule has 56 heavy (non-hydrogen) atoms. The summed E-state index contributed by atoms with van der Waals surface area (Å²) in [5, 5.41) is 3.27. The third kappa shape index (κ3) is 21.4. The smallest absolute Gasteiger partial charge is 0.336 e. The highest BCUT2D eigenvalue weighted by Crippen LogP contribution is 2.39. The molecular weight excluding hydrogens is 699 g/mol. The first-order valence-electron chi connectivity index (χ1n) is 23.1. The Morgan fingerprint density at radius 1 is 0.571 bits per heavy atom. The van der Waals surface area contributed by atoms with Gasteiger partial charge >= 0.3 is 11.9 Å². The molecule has 1 amide bonds. The average molecular weight is 781 g/mol. The predicted molar refractivity (Wildman–Crippen MR) is 230 cm³/mol. The summed E-state index contributed by atoms with van der Waals surface area (Å²) in [5.74, 6) is -2.06. The number of esters is 2. The van der Waals surface area contributed by atoms with Crippen molar-refractivity contribution < 1.29 is 28.4 Å². The molecule has 0 unspecified atom stereocenters. The normalized spacial score (nSPS) is 13.3. The van der Waals surface area contributed by atoms with Crippen LogP contribution in [0.1, 0.15) is 219 Å². The van der Waals surface area contributed by atoms with E-state index in [2.05, 4.69) is 19.2 Å². The predicted octanol–water partition coefficient (Wildman–Crippen LogP) is 11.7. The first kappa shape index (κ1) is 49.0. The summed E-state index contributed by atoms with van der Waals surface area (Å²) in [6, 6.07) is 3.68. The van der Waals surface area contributed by atoms with Crippen molar-refractivity contribution in [2.24, 2.45) is 5.73 Å². The molecule has 8 heteroatoms. The number of nitrogens with zero attached hydrogens (tertiary/aromatic N) is 1. The number of allylic oxidation sites excluding steroid dienone is 2. The van der Waals surface area contributed by atoms with E-state index in [9.17, 15) is 14.4 Å². The minimum Gasteiger partial charge on any atom is -0.462 e. The van der Waals surface area contributed by atoms with Gasteiger partial charge in [0, 0.05) is 23.0 Å². The molecule has 1 aromatic rings. The van der Waals surface area contributed by atoms with E-state index < -0.39 is 23.8 Å². The number of nitrogens with two attached hydrogens (primary N) is 1. The van der Waals surface area contributed by atoms with E-state index in [-0.39, 0.29) is 6.54 Å². The molecule has 1 aliphatic heterocycles. The molecule has 3 N–H and O–H groups in total. The van der Waals surface area contributed by atoms with Crippen molar-refractivity contribution in [2.75, 3.05) is 13.2 Å². The first-order chi connectivity index (χ1) is 27.3. The Morgan fingerprint density at radius 3 is 1.25 bits per heavy atom. The molecule has 1 aromatic heterocycles. The van der Waals surface area contributed by atoms with Crippen LogP contribution in [0.3, 0.4) is 0 Å². The number of pyridine rings is 1. The fraction of sp³-hybridized carbons (Fsp3) is 0.750. The van der Waals surface area contributed by atoms with Gasteiger partial charge in [0.15, 0.2) is 12.4 Å². The number of ether oxygens (including phenoxy) is 2. The van der Waals surface area contributed by atoms with Crippen molar-refractivity contribution >= 4 is 17.8 Å². The van der Waals surface area contributed by atoms with Crippen molar-refractivity contribution in [3.8, 4) is 0 Å². The summed E-state index contributed by atoms with van der Waals surface area (Å²) in [5.41, 5.74) is 8.27. The van der Waals surface area contributed by atoms with E-state index in [1.807, 2.05) is 19.9 Å². The number of hydrogen-bond acceptors (Lipinski definition) is 6. The molecule has 0 saturated heterocycles. The van der Waals surface area contributed by atoms with E-state index in [1.54, 1.807) is 23.0 Å². The minimum absolute atomic E-state index is 0.0119. The Hall–Kier alpha value is -3.16. The SMILES string of the molecule is CCCCCCCCCCCCCCCCOC(=O)C1=C(C)NC(C)=C(C(=O)OCCCCCCCCCCCCCCCC)C1c1ccc[n+](CC(N)=O)c1. The largest absolute Gasteiger partial charge is 0.462 e. The molecular formula is C48H82N3O5+. The number of carbonyl (C=O) groups is 3. The lowest BCUT2D eigenvalue weighted by Gasteiger charge is -2.30. The molecule has 0 aromatic carbocycles. The molecule has 0 spiro atoms. The third-order valence-electron chi connectivity index (χ3n) is 11.2. The van der Waals surface area contributed by atoms with Gasteiger partial charge in [0.05, 0.1) is 30.3 Å². The Bertz CT molecular complexity index is 1240. The maximum absolute atomic E-state index is 13.8. The van der Waals surface area contributed by atoms with Crippen LogP contribution in [-0.2, 0) is 30.4 Å². The zero-order valence-corrected chi connectivity index (χ0v) is 36.4. The minimum atomic E-state index is -0.704. The average Bonchev–Trinajstić information content (AvgIpc) is 3.17. The number of carbonyl (C=O) groups excluding carboxylic acids is 3. The van der Waals surface area contributed by atoms with Crippen molar-refractivity contribution in [2.45, 2.75) is 220 Å². The second-order valence-electron chi connectivity index (χ2n) is 16.4. The van der Waals surface area contributed by atoms with Gasteiger partial charge in [-0.15, -0.1) is 0 Å². The van der Waals surface area contributed by atoms with Gasteiger partial charge in [0.2, 0.25) is 6.54 Å². The number of rotatable bonds is 35. The molecule has 8 nitrogen and oxygen atoms in total. The fourth-order valence-electron chi connectivity index (χ4n) is 7.94. The number of hydrogen-bond donors (Lipinski definition) is 2. The van der Waals surface area contributed by atoms with E-state index >= 15 is 0 Å². The zero-order chi connectivity index (χ0) is 40.6. The monoisotopic (exact) mass is 781 g/mol. The van der Waals surface area contributed by atoms with Gasteiger partial charge < -0.3 is 20.5 Å². The number of dihydropyridines is 1. The van der Waals surface area contributed by atoms with Crippen LogP contribution in [0.25, 0.3) is 0 Å². The van der Waals surface area contributed by atoms with Crippen LogP contribution in [0.2, 0.25) is 0 Å². The third-order valence-corrected chi connectivity index (χ3v) is 11.2. The van der Waals surface area contributed by atoms with Crippen LogP contribution in [-0.4, -0.2) is 31.1 Å². The summed E-state index contributed by atoms with van der Waals surface area (Å²) >= 11 is 0. The number of nitrogens with one attached hydrogen (secondary N) is 1. The van der Waals surface area contributed by atoms with Crippen LogP contribution in [0.4, 0.5) is 0 Å². The summed E-state index contributed by atoms with van der Waals surface area (Å²) in [7, 11) is 0. The van der Waals surface area contributed by atoms with Gasteiger partial charge in [0.1, 0.15) is 0 Å². The van der Waals surface area contributed by atoms with Gasteiger partial charge in [0.25, 0.3) is 5.91 Å². The van der Waals surface area contributed by atoms with Crippen LogP contribution in [0, 0.1) is 0 Å². The first-order valence-corrected chi connectivity index (χ1v) is 23.1. The molecule has 2 rings (SSSR count). The Morgan fingerprint density at radius 2 is 0.911 bits per heavy atom. The number of amides is 1. The number of unbranched alkanes of at least 4 members (excludes halogenated alkanes) is 26. The second-order valence-corrected chi connectivity index (χ2v) is 16.4. The lowest BCUT2D eigenvalue weighted by atomic mass is 9.81. The molecule has 318 valence electrons. The fourth-order valence-corrected chi connectivity index (χ4v) is 7.94. The molecule has 0 bridgehead atoms. The summed E-state index contributed by atoms with van der Waals surface area (Å²) in [6.07, 6.45) is 38.9. The van der Waals surface area contributed by atoms with Gasteiger partial charge in [-0.2, -0.15) is 4.57 Å². The molecule has 0 fully saturated rings.